The van der Waals surface area contributed by atoms with Gasteiger partial charge in [0.1, 0.15) is 6.61 Å². The van der Waals surface area contributed by atoms with E-state index in [0.717, 1.165) is 79.6 Å². The molecule has 10 heteroatoms. The zero-order valence-electron chi connectivity index (χ0n) is 23.3. The topological polar surface area (TPSA) is 110 Å². The number of aliphatic hydroxyl groups excluding tert-OH is 1. The monoisotopic (exact) mass is 565 g/mol. The molecule has 1 aliphatic heterocycles. The molecule has 3 aliphatic rings. The lowest BCUT2D eigenvalue weighted by atomic mass is 9.77. The second-order valence-corrected chi connectivity index (χ2v) is 12.9. The number of anilines is 1. The number of amides is 1. The number of carbonyl (C=O) groups excluding carboxylic acids is 1. The van der Waals surface area contributed by atoms with Gasteiger partial charge in [-0.3, -0.25) is 9.69 Å². The van der Waals surface area contributed by atoms with Crippen molar-refractivity contribution in [3.63, 3.8) is 0 Å². The van der Waals surface area contributed by atoms with E-state index in [0.29, 0.717) is 35.6 Å². The van der Waals surface area contributed by atoms with Gasteiger partial charge >= 0.3 is 0 Å². The van der Waals surface area contributed by atoms with Crippen LogP contribution in [0.3, 0.4) is 0 Å². The summed E-state index contributed by atoms with van der Waals surface area (Å²) in [6.07, 6.45) is 8.70. The second kappa shape index (κ2) is 12.2. The van der Waals surface area contributed by atoms with Gasteiger partial charge in [0, 0.05) is 42.5 Å². The minimum absolute atomic E-state index is 0.0340. The zero-order valence-corrected chi connectivity index (χ0v) is 24.1. The lowest BCUT2D eigenvalue weighted by molar-refractivity contribution is -0.127. The number of morpholine rings is 1. The van der Waals surface area contributed by atoms with Crippen molar-refractivity contribution in [1.29, 1.82) is 0 Å². The molecule has 1 aromatic carbocycles. The van der Waals surface area contributed by atoms with Crippen LogP contribution < -0.4 is 5.32 Å². The van der Waals surface area contributed by atoms with Gasteiger partial charge in [-0.2, -0.15) is 0 Å². The molecule has 3 fully saturated rings. The maximum atomic E-state index is 13.0. The summed E-state index contributed by atoms with van der Waals surface area (Å²) in [5, 5.41) is 13.6. The van der Waals surface area contributed by atoms with Crippen molar-refractivity contribution in [3.8, 4) is 11.1 Å². The minimum atomic E-state index is -0.386. The van der Waals surface area contributed by atoms with Crippen LogP contribution in [0.4, 0.5) is 5.13 Å². The number of ether oxygens (including phenoxy) is 2. The zero-order chi connectivity index (χ0) is 27.6. The number of fused-ring (bicyclic) bond motifs is 1. The second-order valence-electron chi connectivity index (χ2n) is 11.8. The summed E-state index contributed by atoms with van der Waals surface area (Å²) in [7, 11) is 0. The van der Waals surface area contributed by atoms with E-state index in [1.807, 2.05) is 12.1 Å². The van der Waals surface area contributed by atoms with Gasteiger partial charge in [-0.15, -0.1) is 0 Å². The number of aliphatic hydroxyl groups is 1. The number of hydrogen-bond donors (Lipinski definition) is 2. The van der Waals surface area contributed by atoms with Crippen LogP contribution in [0.2, 0.25) is 0 Å². The van der Waals surface area contributed by atoms with Gasteiger partial charge in [-0.25, -0.2) is 15.0 Å². The van der Waals surface area contributed by atoms with Crippen LogP contribution in [0.15, 0.2) is 30.6 Å². The maximum Gasteiger partial charge on any atom is 0.229 e. The number of carbonyl (C=O) groups is 1. The molecule has 6 rings (SSSR count). The van der Waals surface area contributed by atoms with Crippen molar-refractivity contribution < 1.29 is 19.4 Å². The van der Waals surface area contributed by atoms with Crippen molar-refractivity contribution in [3.05, 3.63) is 36.4 Å². The van der Waals surface area contributed by atoms with Crippen molar-refractivity contribution in [1.82, 2.24) is 19.9 Å². The average molecular weight is 566 g/mol. The number of rotatable bonds is 9. The molecule has 2 aromatic heterocycles. The molecule has 1 saturated heterocycles. The molecular formula is C30H39N5O4S. The highest BCUT2D eigenvalue weighted by atomic mass is 32.1. The standard InChI is InChI=1S/C30H39N5O4S/c1-18(2)10-23-16-38-9-8-35(23)22-11-20(12-22)29(37)34-30-33-24-7-6-19(13-27(24)40-30)21-14-31-28(32-15-21)17-39-26-5-3-4-25(26)36/h6-7,13-15,18,20,22-23,25-26,36H,3-5,8-12,16-17H2,1-2H3,(H,33,34,37)/t20?,22?,23-,25-,26-/m0/s1. The first-order valence-corrected chi connectivity index (χ1v) is 15.4. The van der Waals surface area contributed by atoms with Crippen molar-refractivity contribution in [2.24, 2.45) is 11.8 Å². The lowest BCUT2D eigenvalue weighted by Crippen LogP contribution is -2.56. The highest BCUT2D eigenvalue weighted by molar-refractivity contribution is 7.22. The molecule has 0 radical (unpaired) electrons. The normalized spacial score (nSPS) is 27.2. The molecule has 3 atom stereocenters. The quantitative estimate of drug-likeness (QED) is 0.386. The molecule has 0 bridgehead atoms. The summed E-state index contributed by atoms with van der Waals surface area (Å²) >= 11 is 1.49. The SMILES string of the molecule is CC(C)C[C@H]1COCCN1C1CC(C(=O)Nc2nc3ccc(-c4cnc(CO[C@H]5CCC[C@@H]5O)nc4)cc3s2)C1. The molecule has 40 heavy (non-hydrogen) atoms. The van der Waals surface area contributed by atoms with E-state index in [9.17, 15) is 9.90 Å². The van der Waals surface area contributed by atoms with Gasteiger partial charge in [-0.1, -0.05) is 31.3 Å². The van der Waals surface area contributed by atoms with E-state index < -0.39 is 0 Å². The fourth-order valence-electron chi connectivity index (χ4n) is 6.19. The Hall–Kier alpha value is -2.50. The van der Waals surface area contributed by atoms with Crippen molar-refractivity contribution in [2.45, 2.75) is 83.3 Å². The van der Waals surface area contributed by atoms with E-state index in [4.69, 9.17) is 9.47 Å². The van der Waals surface area contributed by atoms with Gasteiger partial charge in [0.2, 0.25) is 5.91 Å². The molecule has 0 spiro atoms. The molecule has 9 nitrogen and oxygen atoms in total. The number of hydrogen-bond acceptors (Lipinski definition) is 9. The number of aromatic nitrogens is 3. The molecular weight excluding hydrogens is 526 g/mol. The number of benzene rings is 1. The number of nitrogens with one attached hydrogen (secondary N) is 1. The van der Waals surface area contributed by atoms with Crippen molar-refractivity contribution in [2.75, 3.05) is 25.1 Å². The van der Waals surface area contributed by atoms with Crippen LogP contribution in [0.25, 0.3) is 21.3 Å². The summed E-state index contributed by atoms with van der Waals surface area (Å²) in [6, 6.07) is 6.98. The third-order valence-electron chi connectivity index (χ3n) is 8.47. The number of thiazole rings is 1. The minimum Gasteiger partial charge on any atom is -0.390 e. The van der Waals surface area contributed by atoms with Crippen LogP contribution >= 0.6 is 11.3 Å². The smallest absolute Gasteiger partial charge is 0.229 e. The highest BCUT2D eigenvalue weighted by Crippen LogP contribution is 2.37. The van der Waals surface area contributed by atoms with Crippen LogP contribution in [-0.2, 0) is 20.9 Å². The first-order chi connectivity index (χ1) is 19.4. The summed E-state index contributed by atoms with van der Waals surface area (Å²) < 4.78 is 12.5. The molecule has 2 saturated carbocycles. The van der Waals surface area contributed by atoms with E-state index in [2.05, 4.69) is 45.1 Å². The Morgan fingerprint density at radius 1 is 1.23 bits per heavy atom. The van der Waals surface area contributed by atoms with E-state index in [1.54, 1.807) is 12.4 Å². The van der Waals surface area contributed by atoms with Crippen LogP contribution in [0, 0.1) is 11.8 Å². The van der Waals surface area contributed by atoms with Gasteiger partial charge in [-0.05, 0) is 62.1 Å². The molecule has 214 valence electrons. The summed E-state index contributed by atoms with van der Waals surface area (Å²) in [5.74, 6) is 1.35. The third-order valence-corrected chi connectivity index (χ3v) is 9.40. The van der Waals surface area contributed by atoms with Crippen LogP contribution in [-0.4, -0.2) is 74.9 Å². The molecule has 2 N–H and O–H groups in total. The third kappa shape index (κ3) is 6.21. The van der Waals surface area contributed by atoms with Gasteiger partial charge in [0.05, 0.1) is 35.6 Å². The van der Waals surface area contributed by atoms with Gasteiger partial charge < -0.3 is 19.9 Å². The fraction of sp³-hybridized carbons (Fsp3) is 0.600. The Kier molecular flexibility index (Phi) is 8.41. The van der Waals surface area contributed by atoms with E-state index in [1.165, 1.54) is 11.3 Å². The Balaban J connectivity index is 1.03. The predicted octanol–water partition coefficient (Wildman–Crippen LogP) is 4.65. The molecule has 0 unspecified atom stereocenters. The first-order valence-electron chi connectivity index (χ1n) is 14.6. The Morgan fingerprint density at radius 2 is 2.05 bits per heavy atom. The molecule has 1 amide bonds. The summed E-state index contributed by atoms with van der Waals surface area (Å²) in [6.45, 7) is 7.36. The summed E-state index contributed by atoms with van der Waals surface area (Å²) in [4.78, 5) is 29.2. The molecule has 3 heterocycles. The Labute approximate surface area is 239 Å². The van der Waals surface area contributed by atoms with Gasteiger partial charge in [0.25, 0.3) is 0 Å². The predicted molar refractivity (Wildman–Crippen MR) is 155 cm³/mol. The highest BCUT2D eigenvalue weighted by Gasteiger charge is 2.41. The van der Waals surface area contributed by atoms with Gasteiger partial charge in [0.15, 0.2) is 11.0 Å². The Morgan fingerprint density at radius 3 is 2.80 bits per heavy atom. The summed E-state index contributed by atoms with van der Waals surface area (Å²) in [5.41, 5.74) is 2.77. The largest absolute Gasteiger partial charge is 0.390 e. The fourth-order valence-corrected chi connectivity index (χ4v) is 7.10. The van der Waals surface area contributed by atoms with Crippen LogP contribution in [0.5, 0.6) is 0 Å². The van der Waals surface area contributed by atoms with Crippen molar-refractivity contribution >= 4 is 32.6 Å². The molecule has 2 aliphatic carbocycles. The number of nitrogens with zero attached hydrogens (tertiary/aromatic N) is 4. The molecule has 3 aromatic rings. The van der Waals surface area contributed by atoms with E-state index in [-0.39, 0.29) is 24.0 Å². The maximum absolute atomic E-state index is 13.0. The van der Waals surface area contributed by atoms with Crippen LogP contribution in [0.1, 0.15) is 58.2 Å². The Bertz CT molecular complexity index is 1310. The first kappa shape index (κ1) is 27.7. The average Bonchev–Trinajstić information content (AvgIpc) is 3.52. The lowest BCUT2D eigenvalue weighted by Gasteiger charge is -2.48. The van der Waals surface area contributed by atoms with E-state index >= 15 is 0 Å².